The lowest BCUT2D eigenvalue weighted by Crippen LogP contribution is -2.24. The van der Waals surface area contributed by atoms with Gasteiger partial charge in [0.2, 0.25) is 11.8 Å². The molecule has 2 amide bonds. The third-order valence-corrected chi connectivity index (χ3v) is 2.95. The Bertz CT molecular complexity index is 446. The van der Waals surface area contributed by atoms with E-state index in [-0.39, 0.29) is 24.2 Å². The van der Waals surface area contributed by atoms with E-state index in [0.717, 1.165) is 5.56 Å². The van der Waals surface area contributed by atoms with Crippen molar-refractivity contribution >= 4 is 17.5 Å². The summed E-state index contributed by atoms with van der Waals surface area (Å²) in [6.45, 7) is 2.32. The highest BCUT2D eigenvalue weighted by molar-refractivity contribution is 5.94. The molecule has 0 bridgehead atoms. The van der Waals surface area contributed by atoms with Crippen LogP contribution in [0.25, 0.3) is 0 Å². The number of benzene rings is 1. The van der Waals surface area contributed by atoms with Crippen LogP contribution in [0, 0.1) is 5.92 Å². The number of carbonyl (C=O) groups is 2. The first-order valence-electron chi connectivity index (χ1n) is 6.38. The number of amides is 2. The summed E-state index contributed by atoms with van der Waals surface area (Å²) in [6, 6.07) is 7.30. The topological polar surface area (TPSA) is 84.2 Å². The molecule has 0 aromatic heterocycles. The standard InChI is InChI=1S/C14H21N3O2/c1-10(7-8-15)14(19)17-12-6-4-3-5-11(12)9-13(18)16-2/h3-6,10H,7-9,15H2,1-2H3,(H,16,18)(H,17,19). The van der Waals surface area contributed by atoms with Crippen LogP contribution in [-0.2, 0) is 16.0 Å². The van der Waals surface area contributed by atoms with Gasteiger partial charge >= 0.3 is 0 Å². The molecule has 0 heterocycles. The zero-order valence-electron chi connectivity index (χ0n) is 11.4. The minimum atomic E-state index is -0.141. The molecule has 0 fully saturated rings. The predicted octanol–water partition coefficient (Wildman–Crippen LogP) is 0.898. The van der Waals surface area contributed by atoms with Crippen LogP contribution in [0.4, 0.5) is 5.69 Å². The van der Waals surface area contributed by atoms with E-state index >= 15 is 0 Å². The van der Waals surface area contributed by atoms with E-state index in [4.69, 9.17) is 5.73 Å². The van der Waals surface area contributed by atoms with Crippen molar-refractivity contribution in [2.45, 2.75) is 19.8 Å². The number of para-hydroxylation sites is 1. The number of hydrogen-bond acceptors (Lipinski definition) is 3. The highest BCUT2D eigenvalue weighted by Gasteiger charge is 2.14. The van der Waals surface area contributed by atoms with Gasteiger partial charge < -0.3 is 16.4 Å². The van der Waals surface area contributed by atoms with Gasteiger partial charge in [-0.1, -0.05) is 25.1 Å². The molecular formula is C14H21N3O2. The van der Waals surface area contributed by atoms with E-state index in [0.29, 0.717) is 18.7 Å². The van der Waals surface area contributed by atoms with Crippen molar-refractivity contribution in [1.29, 1.82) is 0 Å². The molecule has 1 atom stereocenters. The fourth-order valence-corrected chi connectivity index (χ4v) is 1.69. The highest BCUT2D eigenvalue weighted by atomic mass is 16.2. The van der Waals surface area contributed by atoms with Crippen LogP contribution in [0.1, 0.15) is 18.9 Å². The minimum absolute atomic E-state index is 0.0743. The van der Waals surface area contributed by atoms with Crippen molar-refractivity contribution in [1.82, 2.24) is 5.32 Å². The first-order chi connectivity index (χ1) is 9.08. The van der Waals surface area contributed by atoms with Crippen molar-refractivity contribution in [3.8, 4) is 0 Å². The Morgan fingerprint density at radius 3 is 2.63 bits per heavy atom. The van der Waals surface area contributed by atoms with Gasteiger partial charge in [0.25, 0.3) is 0 Å². The van der Waals surface area contributed by atoms with Crippen molar-refractivity contribution in [2.75, 3.05) is 18.9 Å². The lowest BCUT2D eigenvalue weighted by atomic mass is 10.1. The summed E-state index contributed by atoms with van der Waals surface area (Å²) in [4.78, 5) is 23.4. The minimum Gasteiger partial charge on any atom is -0.359 e. The molecule has 0 saturated heterocycles. The normalized spacial score (nSPS) is 11.7. The average molecular weight is 263 g/mol. The monoisotopic (exact) mass is 263 g/mol. The molecule has 104 valence electrons. The molecule has 0 aliphatic rings. The Morgan fingerprint density at radius 1 is 1.32 bits per heavy atom. The smallest absolute Gasteiger partial charge is 0.227 e. The van der Waals surface area contributed by atoms with Gasteiger partial charge in [0, 0.05) is 18.7 Å². The van der Waals surface area contributed by atoms with Gasteiger partial charge in [0.05, 0.1) is 6.42 Å². The van der Waals surface area contributed by atoms with Gasteiger partial charge in [-0.25, -0.2) is 0 Å². The van der Waals surface area contributed by atoms with Crippen LogP contribution in [0.3, 0.4) is 0 Å². The molecule has 19 heavy (non-hydrogen) atoms. The molecular weight excluding hydrogens is 242 g/mol. The molecule has 0 spiro atoms. The molecule has 4 N–H and O–H groups in total. The molecule has 1 aromatic rings. The Labute approximate surface area is 113 Å². The molecule has 0 aliphatic carbocycles. The first-order valence-corrected chi connectivity index (χ1v) is 6.38. The summed E-state index contributed by atoms with van der Waals surface area (Å²) in [5.41, 5.74) is 6.92. The summed E-state index contributed by atoms with van der Waals surface area (Å²) in [7, 11) is 1.59. The first kappa shape index (κ1) is 15.2. The summed E-state index contributed by atoms with van der Waals surface area (Å²) in [5.74, 6) is -0.301. The SMILES string of the molecule is CNC(=O)Cc1ccccc1NC(=O)C(C)CCN. The van der Waals surface area contributed by atoms with Crippen LogP contribution in [0.15, 0.2) is 24.3 Å². The fourth-order valence-electron chi connectivity index (χ4n) is 1.69. The van der Waals surface area contributed by atoms with Crippen LogP contribution in [0.2, 0.25) is 0 Å². The summed E-state index contributed by atoms with van der Waals surface area (Å²) in [6.07, 6.45) is 0.891. The molecule has 5 nitrogen and oxygen atoms in total. The maximum absolute atomic E-state index is 11.9. The Kier molecular flexibility index (Phi) is 6.02. The van der Waals surface area contributed by atoms with Crippen LogP contribution in [0.5, 0.6) is 0 Å². The van der Waals surface area contributed by atoms with Crippen LogP contribution in [-0.4, -0.2) is 25.4 Å². The van der Waals surface area contributed by atoms with E-state index in [1.54, 1.807) is 13.1 Å². The molecule has 1 rings (SSSR count). The second-order valence-electron chi connectivity index (χ2n) is 4.47. The highest BCUT2D eigenvalue weighted by Crippen LogP contribution is 2.17. The lowest BCUT2D eigenvalue weighted by molar-refractivity contribution is -0.120. The average Bonchev–Trinajstić information content (AvgIpc) is 2.41. The van der Waals surface area contributed by atoms with Gasteiger partial charge in [-0.2, -0.15) is 0 Å². The van der Waals surface area contributed by atoms with E-state index < -0.39 is 0 Å². The number of likely N-dealkylation sites (N-methyl/N-ethyl adjacent to an activating group) is 1. The van der Waals surface area contributed by atoms with Gasteiger partial charge in [-0.3, -0.25) is 9.59 Å². The zero-order chi connectivity index (χ0) is 14.3. The van der Waals surface area contributed by atoms with Crippen LogP contribution >= 0.6 is 0 Å². The van der Waals surface area contributed by atoms with Crippen molar-refractivity contribution in [2.24, 2.45) is 11.7 Å². The number of nitrogens with one attached hydrogen (secondary N) is 2. The summed E-state index contributed by atoms with van der Waals surface area (Å²) < 4.78 is 0. The number of hydrogen-bond donors (Lipinski definition) is 3. The number of nitrogens with two attached hydrogens (primary N) is 1. The molecule has 0 saturated carbocycles. The quantitative estimate of drug-likeness (QED) is 0.713. The van der Waals surface area contributed by atoms with Crippen molar-refractivity contribution < 1.29 is 9.59 Å². The van der Waals surface area contributed by atoms with Crippen molar-refractivity contribution in [3.05, 3.63) is 29.8 Å². The van der Waals surface area contributed by atoms with E-state index in [9.17, 15) is 9.59 Å². The third kappa shape index (κ3) is 4.71. The van der Waals surface area contributed by atoms with Gasteiger partial charge in [-0.05, 0) is 24.6 Å². The summed E-state index contributed by atoms with van der Waals surface area (Å²) in [5, 5.41) is 5.42. The predicted molar refractivity (Wildman–Crippen MR) is 75.7 cm³/mol. The number of rotatable bonds is 6. The van der Waals surface area contributed by atoms with E-state index in [1.165, 1.54) is 0 Å². The van der Waals surface area contributed by atoms with Gasteiger partial charge in [0.1, 0.15) is 0 Å². The molecule has 0 radical (unpaired) electrons. The molecule has 0 aliphatic heterocycles. The van der Waals surface area contributed by atoms with Gasteiger partial charge in [-0.15, -0.1) is 0 Å². The Morgan fingerprint density at radius 2 is 2.00 bits per heavy atom. The maximum atomic E-state index is 11.9. The largest absolute Gasteiger partial charge is 0.359 e. The second kappa shape index (κ2) is 7.53. The maximum Gasteiger partial charge on any atom is 0.227 e. The lowest BCUT2D eigenvalue weighted by Gasteiger charge is -2.14. The molecule has 5 heteroatoms. The Balaban J connectivity index is 2.77. The zero-order valence-corrected chi connectivity index (χ0v) is 11.4. The molecule has 1 unspecified atom stereocenters. The van der Waals surface area contributed by atoms with Gasteiger partial charge in [0.15, 0.2) is 0 Å². The molecule has 1 aromatic carbocycles. The number of carbonyl (C=O) groups excluding carboxylic acids is 2. The van der Waals surface area contributed by atoms with Crippen molar-refractivity contribution in [3.63, 3.8) is 0 Å². The third-order valence-electron chi connectivity index (χ3n) is 2.95. The Hall–Kier alpha value is -1.88. The number of anilines is 1. The van der Waals surface area contributed by atoms with E-state index in [2.05, 4.69) is 10.6 Å². The van der Waals surface area contributed by atoms with Crippen LogP contribution < -0.4 is 16.4 Å². The second-order valence-corrected chi connectivity index (χ2v) is 4.47. The summed E-state index contributed by atoms with van der Waals surface area (Å²) >= 11 is 0. The van der Waals surface area contributed by atoms with E-state index in [1.807, 2.05) is 25.1 Å². The fraction of sp³-hybridized carbons (Fsp3) is 0.429.